The van der Waals surface area contributed by atoms with Crippen LogP contribution < -0.4 is 0 Å². The first-order valence-corrected chi connectivity index (χ1v) is 7.98. The van der Waals surface area contributed by atoms with Crippen molar-refractivity contribution < 1.29 is 4.79 Å². The molecular formula is C16H23BrN2O. The van der Waals surface area contributed by atoms with E-state index in [1.165, 1.54) is 0 Å². The van der Waals surface area contributed by atoms with Crippen molar-refractivity contribution >= 4 is 21.7 Å². The number of hydrogen-bond acceptors (Lipinski definition) is 3. The second kappa shape index (κ2) is 6.83. The number of likely N-dealkylation sites (tertiary alicyclic amines) is 1. The van der Waals surface area contributed by atoms with Crippen molar-refractivity contribution in [3.8, 4) is 0 Å². The second-order valence-electron chi connectivity index (χ2n) is 5.75. The Bertz CT molecular complexity index is 452. The Kier molecular flexibility index (Phi) is 5.35. The van der Waals surface area contributed by atoms with Crippen molar-refractivity contribution in [2.45, 2.75) is 31.8 Å². The van der Waals surface area contributed by atoms with Gasteiger partial charge < -0.3 is 4.90 Å². The van der Waals surface area contributed by atoms with E-state index in [9.17, 15) is 4.79 Å². The van der Waals surface area contributed by atoms with Gasteiger partial charge in [0.1, 0.15) is 0 Å². The Morgan fingerprint density at radius 1 is 1.30 bits per heavy atom. The molecule has 0 radical (unpaired) electrons. The molecule has 1 saturated heterocycles. The van der Waals surface area contributed by atoms with Gasteiger partial charge in [0.05, 0.1) is 6.04 Å². The average molecular weight is 339 g/mol. The average Bonchev–Trinajstić information content (AvgIpc) is 2.46. The number of piperidine rings is 1. The first-order valence-electron chi connectivity index (χ1n) is 7.19. The summed E-state index contributed by atoms with van der Waals surface area (Å²) in [6.45, 7) is 4.26. The molecule has 0 spiro atoms. The van der Waals surface area contributed by atoms with Gasteiger partial charge in [0.15, 0.2) is 5.78 Å². The van der Waals surface area contributed by atoms with Crippen LogP contribution in [-0.4, -0.2) is 54.9 Å². The van der Waals surface area contributed by atoms with E-state index in [1.807, 2.05) is 31.2 Å². The second-order valence-corrected chi connectivity index (χ2v) is 6.66. The molecular weight excluding hydrogens is 316 g/mol. The van der Waals surface area contributed by atoms with Gasteiger partial charge in [-0.1, -0.05) is 28.1 Å². The van der Waals surface area contributed by atoms with Gasteiger partial charge >= 0.3 is 0 Å². The Labute approximate surface area is 130 Å². The fourth-order valence-corrected chi connectivity index (χ4v) is 3.02. The summed E-state index contributed by atoms with van der Waals surface area (Å²) in [5.74, 6) is 0.207. The largest absolute Gasteiger partial charge is 0.306 e. The molecule has 20 heavy (non-hydrogen) atoms. The predicted molar refractivity (Wildman–Crippen MR) is 86.2 cm³/mol. The maximum atomic E-state index is 12.5. The third-order valence-electron chi connectivity index (χ3n) is 4.38. The summed E-state index contributed by atoms with van der Waals surface area (Å²) in [7, 11) is 4.24. The van der Waals surface area contributed by atoms with Crippen LogP contribution in [0.4, 0.5) is 0 Å². The number of halogens is 1. The summed E-state index contributed by atoms with van der Waals surface area (Å²) >= 11 is 3.40. The number of carbonyl (C=O) groups is 1. The third-order valence-corrected chi connectivity index (χ3v) is 4.91. The predicted octanol–water partition coefficient (Wildman–Crippen LogP) is 3.05. The molecule has 1 aromatic rings. The summed E-state index contributed by atoms with van der Waals surface area (Å²) in [5.41, 5.74) is 0.792. The number of likely N-dealkylation sites (N-methyl/N-ethyl adjacent to an activating group) is 1. The molecule has 3 nitrogen and oxygen atoms in total. The number of rotatable bonds is 4. The van der Waals surface area contributed by atoms with Gasteiger partial charge in [0.2, 0.25) is 0 Å². The van der Waals surface area contributed by atoms with E-state index in [2.05, 4.69) is 39.8 Å². The van der Waals surface area contributed by atoms with Crippen LogP contribution in [0.5, 0.6) is 0 Å². The van der Waals surface area contributed by atoms with Gasteiger partial charge in [-0.25, -0.2) is 0 Å². The molecule has 1 aliphatic heterocycles. The molecule has 1 aliphatic rings. The number of carbonyl (C=O) groups excluding carboxylic acids is 1. The quantitative estimate of drug-likeness (QED) is 0.788. The Morgan fingerprint density at radius 2 is 1.85 bits per heavy atom. The van der Waals surface area contributed by atoms with Crippen molar-refractivity contribution in [3.63, 3.8) is 0 Å². The van der Waals surface area contributed by atoms with Crippen molar-refractivity contribution in [1.82, 2.24) is 9.80 Å². The van der Waals surface area contributed by atoms with Gasteiger partial charge in [-0.3, -0.25) is 9.69 Å². The molecule has 1 aromatic carbocycles. The van der Waals surface area contributed by atoms with E-state index in [4.69, 9.17) is 0 Å². The van der Waals surface area contributed by atoms with Crippen LogP contribution in [0.15, 0.2) is 28.7 Å². The van der Waals surface area contributed by atoms with Crippen molar-refractivity contribution in [1.29, 1.82) is 0 Å². The molecule has 2 rings (SSSR count). The minimum absolute atomic E-state index is 0.0652. The topological polar surface area (TPSA) is 23.6 Å². The summed E-state index contributed by atoms with van der Waals surface area (Å²) in [5, 5.41) is 0. The highest BCUT2D eigenvalue weighted by atomic mass is 79.9. The molecule has 0 N–H and O–H groups in total. The zero-order chi connectivity index (χ0) is 14.7. The number of Topliss-reactive ketones (excluding diaryl/α,β-unsaturated/α-hetero) is 1. The van der Waals surface area contributed by atoms with Gasteiger partial charge in [-0.2, -0.15) is 0 Å². The molecule has 1 heterocycles. The Hall–Kier alpha value is -0.710. The highest BCUT2D eigenvalue weighted by Gasteiger charge is 2.27. The monoisotopic (exact) mass is 338 g/mol. The SMILES string of the molecule is CC(C(=O)c1ccc(Br)cc1)N(C)C1CCN(C)CC1. The zero-order valence-electron chi connectivity index (χ0n) is 12.5. The third kappa shape index (κ3) is 3.68. The summed E-state index contributed by atoms with van der Waals surface area (Å²) in [6, 6.07) is 8.09. The maximum absolute atomic E-state index is 12.5. The number of nitrogens with zero attached hydrogens (tertiary/aromatic N) is 2. The van der Waals surface area contributed by atoms with Gasteiger partial charge in [0.25, 0.3) is 0 Å². The molecule has 0 aliphatic carbocycles. The highest BCUT2D eigenvalue weighted by Crippen LogP contribution is 2.19. The van der Waals surface area contributed by atoms with Crippen LogP contribution in [0.1, 0.15) is 30.1 Å². The summed E-state index contributed by atoms with van der Waals surface area (Å²) in [6.07, 6.45) is 2.29. The lowest BCUT2D eigenvalue weighted by atomic mass is 9.99. The summed E-state index contributed by atoms with van der Waals surface area (Å²) < 4.78 is 1.00. The standard InChI is InChI=1S/C16H23BrN2O/c1-12(16(20)13-4-6-14(17)7-5-13)19(3)15-8-10-18(2)11-9-15/h4-7,12,15H,8-11H2,1-3H3. The van der Waals surface area contributed by atoms with Crippen LogP contribution >= 0.6 is 15.9 Å². The highest BCUT2D eigenvalue weighted by molar-refractivity contribution is 9.10. The molecule has 1 atom stereocenters. The van der Waals surface area contributed by atoms with Crippen molar-refractivity contribution in [3.05, 3.63) is 34.3 Å². The fourth-order valence-electron chi connectivity index (χ4n) is 2.76. The molecule has 0 aromatic heterocycles. The molecule has 0 amide bonds. The van der Waals surface area contributed by atoms with Crippen LogP contribution in [0, 0.1) is 0 Å². The van der Waals surface area contributed by atoms with Crippen LogP contribution in [0.25, 0.3) is 0 Å². The molecule has 4 heteroatoms. The van der Waals surface area contributed by atoms with Crippen LogP contribution in [0.3, 0.4) is 0 Å². The molecule has 1 unspecified atom stereocenters. The van der Waals surface area contributed by atoms with Gasteiger partial charge in [-0.15, -0.1) is 0 Å². The Balaban J connectivity index is 2.00. The van der Waals surface area contributed by atoms with Crippen molar-refractivity contribution in [2.75, 3.05) is 27.2 Å². The van der Waals surface area contributed by atoms with E-state index in [0.29, 0.717) is 6.04 Å². The lowest BCUT2D eigenvalue weighted by molar-refractivity contribution is 0.0731. The first kappa shape index (κ1) is 15.7. The fraction of sp³-hybridized carbons (Fsp3) is 0.562. The van der Waals surface area contributed by atoms with Crippen molar-refractivity contribution in [2.24, 2.45) is 0 Å². The molecule has 1 fully saturated rings. The van der Waals surface area contributed by atoms with E-state index < -0.39 is 0 Å². The summed E-state index contributed by atoms with van der Waals surface area (Å²) in [4.78, 5) is 17.1. The smallest absolute Gasteiger partial charge is 0.179 e. The first-order chi connectivity index (χ1) is 9.49. The minimum Gasteiger partial charge on any atom is -0.306 e. The lowest BCUT2D eigenvalue weighted by Gasteiger charge is -2.37. The minimum atomic E-state index is -0.0652. The zero-order valence-corrected chi connectivity index (χ0v) is 14.1. The van der Waals surface area contributed by atoms with E-state index >= 15 is 0 Å². The molecule has 0 bridgehead atoms. The van der Waals surface area contributed by atoms with E-state index in [-0.39, 0.29) is 11.8 Å². The Morgan fingerprint density at radius 3 is 2.40 bits per heavy atom. The van der Waals surface area contributed by atoms with Gasteiger partial charge in [-0.05, 0) is 59.1 Å². The van der Waals surface area contributed by atoms with Gasteiger partial charge in [0, 0.05) is 16.1 Å². The van der Waals surface area contributed by atoms with Crippen LogP contribution in [-0.2, 0) is 0 Å². The van der Waals surface area contributed by atoms with Crippen LogP contribution in [0.2, 0.25) is 0 Å². The maximum Gasteiger partial charge on any atom is 0.179 e. The molecule has 0 saturated carbocycles. The van der Waals surface area contributed by atoms with E-state index in [1.54, 1.807) is 0 Å². The number of hydrogen-bond donors (Lipinski definition) is 0. The number of benzene rings is 1. The lowest BCUT2D eigenvalue weighted by Crippen LogP contribution is -2.47. The number of ketones is 1. The normalized spacial score (nSPS) is 19.2. The van der Waals surface area contributed by atoms with E-state index in [0.717, 1.165) is 36.0 Å². The molecule has 110 valence electrons.